The Bertz CT molecular complexity index is 3680. The highest BCUT2D eigenvalue weighted by Crippen LogP contribution is 2.50. The second-order valence-electron chi connectivity index (χ2n) is 16.7. The van der Waals surface area contributed by atoms with E-state index in [1.54, 1.807) is 0 Å². The van der Waals surface area contributed by atoms with Crippen LogP contribution in [-0.2, 0) is 0 Å². The van der Waals surface area contributed by atoms with E-state index in [0.29, 0.717) is 17.5 Å². The van der Waals surface area contributed by atoms with E-state index in [9.17, 15) is 0 Å². The average molecular weight is 856 g/mol. The van der Waals surface area contributed by atoms with Crippen molar-refractivity contribution in [1.29, 1.82) is 0 Å². The number of hydrogen-bond acceptors (Lipinski definition) is 4. The van der Waals surface area contributed by atoms with Crippen LogP contribution < -0.4 is 0 Å². The molecule has 0 bridgehead atoms. The van der Waals surface area contributed by atoms with Gasteiger partial charge in [-0.15, -0.1) is 0 Å². The lowest BCUT2D eigenvalue weighted by atomic mass is 9.79. The molecule has 67 heavy (non-hydrogen) atoms. The Kier molecular flexibility index (Phi) is 10.2. The summed E-state index contributed by atoms with van der Waals surface area (Å²) in [6, 6.07) is 87.4. The summed E-state index contributed by atoms with van der Waals surface area (Å²) in [5.41, 5.74) is 17.9. The number of benzene rings is 10. The van der Waals surface area contributed by atoms with Crippen molar-refractivity contribution < 1.29 is 4.42 Å². The van der Waals surface area contributed by atoms with Crippen molar-refractivity contribution in [3.63, 3.8) is 0 Å². The monoisotopic (exact) mass is 855 g/mol. The van der Waals surface area contributed by atoms with Crippen LogP contribution >= 0.6 is 0 Å². The largest absolute Gasteiger partial charge is 0.455 e. The first kappa shape index (κ1) is 39.6. The Hall–Kier alpha value is -8.99. The fraction of sp³-hybridized carbons (Fsp3) is 0. The predicted molar refractivity (Wildman–Crippen MR) is 276 cm³/mol. The van der Waals surface area contributed by atoms with Crippen molar-refractivity contribution in [3.8, 4) is 101 Å². The number of para-hydroxylation sites is 2. The van der Waals surface area contributed by atoms with Crippen LogP contribution in [-0.4, -0.2) is 15.0 Å². The molecular formula is C63H41N3O. The van der Waals surface area contributed by atoms with E-state index >= 15 is 0 Å². The van der Waals surface area contributed by atoms with Gasteiger partial charge in [0.1, 0.15) is 11.2 Å². The first-order valence-electron chi connectivity index (χ1n) is 22.6. The molecule has 314 valence electrons. The molecule has 4 heteroatoms. The van der Waals surface area contributed by atoms with Gasteiger partial charge >= 0.3 is 0 Å². The predicted octanol–water partition coefficient (Wildman–Crippen LogP) is 16.8. The third-order valence-electron chi connectivity index (χ3n) is 12.6. The first-order chi connectivity index (χ1) is 33.2. The van der Waals surface area contributed by atoms with Gasteiger partial charge < -0.3 is 4.42 Å². The molecule has 0 saturated carbocycles. The Morgan fingerprint density at radius 3 is 1.15 bits per heavy atom. The van der Waals surface area contributed by atoms with Crippen LogP contribution in [0.1, 0.15) is 0 Å². The molecule has 0 atom stereocenters. The highest BCUT2D eigenvalue weighted by atomic mass is 16.3. The molecule has 0 fully saturated rings. The maximum atomic E-state index is 6.53. The zero-order valence-corrected chi connectivity index (χ0v) is 36.4. The molecular weight excluding hydrogens is 815 g/mol. The van der Waals surface area contributed by atoms with Gasteiger partial charge in [-0.1, -0.05) is 231 Å². The molecule has 0 amide bonds. The smallest absolute Gasteiger partial charge is 0.167 e. The minimum atomic E-state index is 0.545. The summed E-state index contributed by atoms with van der Waals surface area (Å²) in [5, 5.41) is 2.07. The fourth-order valence-electron chi connectivity index (χ4n) is 9.38. The van der Waals surface area contributed by atoms with E-state index in [0.717, 1.165) is 88.7 Å². The van der Waals surface area contributed by atoms with Gasteiger partial charge in [0.15, 0.2) is 17.5 Å². The molecule has 12 aromatic rings. The van der Waals surface area contributed by atoms with Gasteiger partial charge in [0.05, 0.1) is 5.56 Å². The highest BCUT2D eigenvalue weighted by Gasteiger charge is 2.24. The molecule has 0 aliphatic carbocycles. The Balaban J connectivity index is 1.06. The maximum absolute atomic E-state index is 6.53. The molecule has 2 heterocycles. The molecule has 0 N–H and O–H groups in total. The number of fused-ring (bicyclic) bond motifs is 3. The van der Waals surface area contributed by atoms with Crippen molar-refractivity contribution >= 4 is 21.9 Å². The van der Waals surface area contributed by atoms with Crippen LogP contribution in [0.4, 0.5) is 0 Å². The number of rotatable bonds is 9. The number of aromatic nitrogens is 3. The molecule has 0 spiro atoms. The Morgan fingerprint density at radius 1 is 0.239 bits per heavy atom. The van der Waals surface area contributed by atoms with Crippen LogP contribution in [0.25, 0.3) is 123 Å². The highest BCUT2D eigenvalue weighted by molar-refractivity contribution is 6.10. The van der Waals surface area contributed by atoms with E-state index in [4.69, 9.17) is 19.4 Å². The van der Waals surface area contributed by atoms with E-state index in [1.165, 1.54) is 16.7 Å². The van der Waals surface area contributed by atoms with Crippen LogP contribution in [0.5, 0.6) is 0 Å². The third kappa shape index (κ3) is 7.47. The van der Waals surface area contributed by atoms with E-state index < -0.39 is 0 Å². The minimum Gasteiger partial charge on any atom is -0.455 e. The van der Waals surface area contributed by atoms with Crippen LogP contribution in [0, 0.1) is 0 Å². The second kappa shape index (κ2) is 17.2. The lowest BCUT2D eigenvalue weighted by Gasteiger charge is -2.24. The van der Waals surface area contributed by atoms with Gasteiger partial charge in [-0.05, 0) is 85.0 Å². The van der Waals surface area contributed by atoms with Crippen molar-refractivity contribution in [2.45, 2.75) is 0 Å². The van der Waals surface area contributed by atoms with Crippen molar-refractivity contribution in [3.05, 3.63) is 249 Å². The summed E-state index contributed by atoms with van der Waals surface area (Å²) in [7, 11) is 0. The van der Waals surface area contributed by atoms with Gasteiger partial charge in [0.2, 0.25) is 0 Å². The van der Waals surface area contributed by atoms with Crippen LogP contribution in [0.2, 0.25) is 0 Å². The SMILES string of the molecule is c1ccc(-c2ccc(-c3nc(-c4ccc(-c5cc(-c6ccccc6)c(-c6ccccc6)c(-c6ccccc6)c5-c5ccccc5)cc4)nc(-c4cccc5c4oc4ccccc45)n3)cc2)cc1. The van der Waals surface area contributed by atoms with E-state index in [1.807, 2.05) is 36.4 Å². The number of furan rings is 1. The van der Waals surface area contributed by atoms with Crippen molar-refractivity contribution in [2.75, 3.05) is 0 Å². The molecule has 0 saturated heterocycles. The molecule has 2 aromatic heterocycles. The summed E-state index contributed by atoms with van der Waals surface area (Å²) in [4.78, 5) is 15.6. The average Bonchev–Trinajstić information content (AvgIpc) is 3.81. The lowest BCUT2D eigenvalue weighted by molar-refractivity contribution is 0.669. The molecule has 10 aromatic carbocycles. The van der Waals surface area contributed by atoms with E-state index in [2.05, 4.69) is 212 Å². The maximum Gasteiger partial charge on any atom is 0.167 e. The molecule has 0 radical (unpaired) electrons. The summed E-state index contributed by atoms with van der Waals surface area (Å²) in [5.74, 6) is 1.70. The van der Waals surface area contributed by atoms with Crippen molar-refractivity contribution in [2.24, 2.45) is 0 Å². The summed E-state index contributed by atoms with van der Waals surface area (Å²) >= 11 is 0. The van der Waals surface area contributed by atoms with Gasteiger partial charge in [-0.2, -0.15) is 0 Å². The van der Waals surface area contributed by atoms with Crippen molar-refractivity contribution in [1.82, 2.24) is 15.0 Å². The lowest BCUT2D eigenvalue weighted by Crippen LogP contribution is -2.00. The first-order valence-corrected chi connectivity index (χ1v) is 22.6. The number of nitrogens with zero attached hydrogens (tertiary/aromatic N) is 3. The normalized spacial score (nSPS) is 11.3. The molecule has 12 rings (SSSR count). The van der Waals surface area contributed by atoms with Gasteiger partial charge in [-0.3, -0.25) is 0 Å². The third-order valence-corrected chi connectivity index (χ3v) is 12.6. The Morgan fingerprint density at radius 2 is 0.612 bits per heavy atom. The molecule has 0 aliphatic heterocycles. The van der Waals surface area contributed by atoms with Crippen LogP contribution in [0.3, 0.4) is 0 Å². The zero-order valence-electron chi connectivity index (χ0n) is 36.4. The van der Waals surface area contributed by atoms with Gasteiger partial charge in [0, 0.05) is 21.9 Å². The standard InChI is InChI=1S/C63H41N3O/c1-6-19-42(20-7-1)43-33-37-49(38-34-43)61-64-62(66-63(65-61)53-31-18-30-52-51-29-16-17-32-56(51)67-60(52)53)50-39-35-45(36-40-50)55-41-54(44-21-8-2-9-22-44)57(46-23-10-3-11-24-46)59(48-27-14-5-15-28-48)58(55)47-25-12-4-13-26-47/h1-41H. The summed E-state index contributed by atoms with van der Waals surface area (Å²) < 4.78 is 6.53. The van der Waals surface area contributed by atoms with Crippen LogP contribution in [0.15, 0.2) is 253 Å². The molecule has 0 aliphatic rings. The fourth-order valence-corrected chi connectivity index (χ4v) is 9.38. The minimum absolute atomic E-state index is 0.545. The molecule has 0 unspecified atom stereocenters. The van der Waals surface area contributed by atoms with Gasteiger partial charge in [-0.25, -0.2) is 15.0 Å². The van der Waals surface area contributed by atoms with Gasteiger partial charge in [0.25, 0.3) is 0 Å². The summed E-state index contributed by atoms with van der Waals surface area (Å²) in [6.07, 6.45) is 0. The quantitative estimate of drug-likeness (QED) is 0.145. The summed E-state index contributed by atoms with van der Waals surface area (Å²) in [6.45, 7) is 0. The molecule has 4 nitrogen and oxygen atoms in total. The number of hydrogen-bond donors (Lipinski definition) is 0. The Labute approximate surface area is 389 Å². The zero-order chi connectivity index (χ0) is 44.5. The second-order valence-corrected chi connectivity index (χ2v) is 16.7. The van der Waals surface area contributed by atoms with E-state index in [-0.39, 0.29) is 0 Å². The topological polar surface area (TPSA) is 51.8 Å².